The van der Waals surface area contributed by atoms with Crippen LogP contribution in [0.2, 0.25) is 26.2 Å². The van der Waals surface area contributed by atoms with Gasteiger partial charge in [-0.2, -0.15) is 17.5 Å². The molecule has 0 aromatic heterocycles. The molecule has 0 amide bonds. The van der Waals surface area contributed by atoms with Crippen LogP contribution in [0.1, 0.15) is 230 Å². The van der Waals surface area contributed by atoms with Crippen LogP contribution in [-0.2, 0) is 43.3 Å². The molecule has 4 aliphatic heterocycles. The molecule has 4 nitrogen and oxygen atoms in total. The maximum atomic E-state index is 6.20. The first-order valence-electron chi connectivity index (χ1n) is 44.6. The third kappa shape index (κ3) is 19.1. The number of halogens is 2. The molecule has 0 N–H and O–H groups in total. The number of fused-ring (bicyclic) bond motifs is 8. The van der Waals surface area contributed by atoms with Crippen molar-refractivity contribution in [2.24, 2.45) is 0 Å². The summed E-state index contributed by atoms with van der Waals surface area (Å²) >= 11 is 10.3. The fourth-order valence-corrected chi connectivity index (χ4v) is 22.3. The molecule has 0 saturated carbocycles. The average Bonchev–Trinajstić information content (AvgIpc) is 0.688. The van der Waals surface area contributed by atoms with Crippen molar-refractivity contribution >= 4 is 172 Å². The molecule has 0 fully saturated rings. The number of benzene rings is 12. The van der Waals surface area contributed by atoms with Gasteiger partial charge < -0.3 is 26.5 Å². The van der Waals surface area contributed by atoms with Crippen LogP contribution in [0.4, 0.5) is 68.2 Å². The van der Waals surface area contributed by atoms with Crippen molar-refractivity contribution < 1.29 is 18.9 Å². The summed E-state index contributed by atoms with van der Waals surface area (Å²) < 4.78 is 1.10. The smallest absolute Gasteiger partial charge is 0.343 e. The van der Waals surface area contributed by atoms with Crippen LogP contribution >= 0.6 is 27.0 Å². The Morgan fingerprint density at radius 3 is 0.805 bits per heavy atom. The summed E-state index contributed by atoms with van der Waals surface area (Å²) in [6.45, 7) is 70.8. The monoisotopic (exact) mass is 1730 g/mol. The molecule has 0 unspecified atom stereocenters. The van der Waals surface area contributed by atoms with Gasteiger partial charge in [0, 0.05) is 67.0 Å². The Hall–Kier alpha value is -8.23. The van der Waals surface area contributed by atoms with E-state index in [-0.39, 0.29) is 75.6 Å². The van der Waals surface area contributed by atoms with Crippen LogP contribution < -0.4 is 86.8 Å². The van der Waals surface area contributed by atoms with Gasteiger partial charge in [0.15, 0.2) is 7.38 Å². The second-order valence-corrected chi connectivity index (χ2v) is 55.5. The van der Waals surface area contributed by atoms with Crippen molar-refractivity contribution in [1.82, 2.24) is 0 Å². The van der Waals surface area contributed by atoms with Crippen LogP contribution in [0.15, 0.2) is 259 Å². The molecule has 4 heterocycles. The number of nitrogens with zero attached hydrogens (tertiary/aromatic N) is 4. The van der Waals surface area contributed by atoms with E-state index in [1.807, 2.05) is 18.2 Å². The quantitative estimate of drug-likeness (QED) is 0.0854. The average molecular weight is 1740 g/mol. The predicted molar refractivity (Wildman–Crippen MR) is 551 cm³/mol. The van der Waals surface area contributed by atoms with Crippen molar-refractivity contribution in [3.05, 3.63) is 311 Å². The van der Waals surface area contributed by atoms with E-state index in [1.54, 1.807) is 0 Å². The Kier molecular flexibility index (Phi) is 26.6. The summed E-state index contributed by atoms with van der Waals surface area (Å²) in [5.41, 5.74) is 34.2. The van der Waals surface area contributed by atoms with E-state index in [0.29, 0.717) is 0 Å². The maximum absolute atomic E-state index is 6.20. The Morgan fingerprint density at radius 2 is 0.537 bits per heavy atom. The molecular formula is C112H135B2BrClLiN4Si2. The summed E-state index contributed by atoms with van der Waals surface area (Å²) in [6.07, 6.45) is 2.28. The molecule has 0 bridgehead atoms. The van der Waals surface area contributed by atoms with Gasteiger partial charge in [0.2, 0.25) is 0 Å². The van der Waals surface area contributed by atoms with Gasteiger partial charge in [-0.15, -0.1) is 0 Å². The minimum Gasteiger partial charge on any atom is -0.343 e. The van der Waals surface area contributed by atoms with Crippen LogP contribution in [0.5, 0.6) is 0 Å². The Morgan fingerprint density at radius 1 is 0.301 bits per heavy atom. The van der Waals surface area contributed by atoms with E-state index in [9.17, 15) is 0 Å². The molecule has 12 aromatic carbocycles. The second-order valence-electron chi connectivity index (χ2n) is 43.9. The first-order chi connectivity index (χ1) is 56.8. The molecule has 0 radical (unpaired) electrons. The topological polar surface area (TPSA) is 13.0 Å². The Balaban J connectivity index is 0.000000194. The normalized spacial score (nSPS) is 13.8. The van der Waals surface area contributed by atoms with E-state index < -0.39 is 15.5 Å². The zero-order chi connectivity index (χ0) is 88.9. The summed E-state index contributed by atoms with van der Waals surface area (Å²) in [6, 6.07) is 97.6. The zero-order valence-electron chi connectivity index (χ0n) is 80.1. The minimum absolute atomic E-state index is 0. The van der Waals surface area contributed by atoms with E-state index in [4.69, 9.17) is 11.1 Å². The van der Waals surface area contributed by atoms with Gasteiger partial charge in [-0.1, -0.05) is 375 Å². The van der Waals surface area contributed by atoms with Crippen molar-refractivity contribution in [1.29, 1.82) is 0 Å². The fourth-order valence-electron chi connectivity index (χ4n) is 17.8. The van der Waals surface area contributed by atoms with E-state index in [0.717, 1.165) is 10.9 Å². The van der Waals surface area contributed by atoms with Gasteiger partial charge in [0.05, 0.1) is 5.69 Å². The zero-order valence-corrected chi connectivity index (χ0v) is 84.4. The molecule has 4 aliphatic rings. The van der Waals surface area contributed by atoms with Gasteiger partial charge in [-0.3, -0.25) is 0 Å². The second kappa shape index (κ2) is 34.8. The number of unbranched alkanes of at least 4 members (excludes halogenated alkanes) is 1. The van der Waals surface area contributed by atoms with Crippen molar-refractivity contribution in [2.75, 3.05) is 19.6 Å². The number of rotatable bonds is 8. The number of hydrogen-bond acceptors (Lipinski definition) is 4. The molecule has 123 heavy (non-hydrogen) atoms. The van der Waals surface area contributed by atoms with Crippen molar-refractivity contribution in [3.8, 4) is 0 Å². The molecule has 12 aromatic rings. The van der Waals surface area contributed by atoms with E-state index >= 15 is 0 Å². The number of hydrogen-bond donors (Lipinski definition) is 0. The van der Waals surface area contributed by atoms with E-state index in [1.165, 1.54) is 168 Å². The standard InChI is InChI=1S/C54H63BN2Si.C46H52BBrN2.C8H11ClSi.C4H9.Li/c1-51(2,3)36-20-26-40(27-21-36)56-45-30-24-38(53(7,8)9)34-43(45)55-44-35-39(54(10,11)12)25-31-46(44)57(41-28-22-37(23-29-41)52(4,5)6)50-48(33-32-47(56)49(50)55)58(13,14)42-18-16-15-17-19-42;1-43(2,3)29-13-19-33(20-14-29)49-38-24-17-31(45(7,8)9)27-35(38)47-36-28-32(46(10,11)12)18-25-39(36)50(42-37(48)23-26-40(49)41(42)47)34-21-15-30(16-22-34)44(4,5)6;1-10(2,9)8-6-4-3-5-7-8;1-3-4-2;/h15-35H,1-14H3;13-28H,1-12H3;3-7H,1-2H3;1,3-4H2,2H3;/q;;;-1;+1. The van der Waals surface area contributed by atoms with Crippen molar-refractivity contribution in [3.63, 3.8) is 0 Å². The Labute approximate surface area is 770 Å². The molecule has 16 rings (SSSR count). The minimum atomic E-state index is -2.28. The van der Waals surface area contributed by atoms with Crippen molar-refractivity contribution in [2.45, 2.75) is 255 Å². The summed E-state index contributed by atoms with van der Waals surface area (Å²) in [7, 11) is -3.84. The third-order valence-corrected chi connectivity index (χ3v) is 32.1. The third-order valence-electron chi connectivity index (χ3n) is 25.6. The molecule has 0 spiro atoms. The molecule has 0 atom stereocenters. The summed E-state index contributed by atoms with van der Waals surface area (Å²) in [5, 5.41) is 4.21. The SMILES string of the molecule is CC(C)(C)c1ccc(N2c3ccc(C(C)(C)C)cc3B3c4cc(C(C)(C)C)ccc4N(c4ccc(C(C)(C)C)cc4)c4c(Br)ccc2c43)cc1.CC(C)(C)c1ccc(N2c3ccc(C(C)(C)C)cc3B3c4cc(C(C)(C)C)ccc4N(c4ccc(C(C)(C)C)cc4)c4c([Si](C)(C)c5ccccc5)ccc2c43)cc1.C[Si](C)(Cl)c1ccccc1.[CH2-]CCC.[Li+]. The first-order valence-corrected chi connectivity index (χ1v) is 52.4. The van der Waals surface area contributed by atoms with Crippen LogP contribution in [0, 0.1) is 6.92 Å². The predicted octanol–water partition coefficient (Wildman–Crippen LogP) is 24.5. The maximum Gasteiger partial charge on any atom is 1.00 e. The molecule has 0 aliphatic carbocycles. The first kappa shape index (κ1) is 93.9. The van der Waals surface area contributed by atoms with Gasteiger partial charge in [-0.25, -0.2) is 0 Å². The van der Waals surface area contributed by atoms with Crippen LogP contribution in [0.3, 0.4) is 0 Å². The Bertz CT molecular complexity index is 5730. The van der Waals surface area contributed by atoms with Gasteiger partial charge >= 0.3 is 18.9 Å². The molecule has 11 heteroatoms. The summed E-state index contributed by atoms with van der Waals surface area (Å²) in [4.78, 5) is 10.2. The fraction of sp³-hybridized carbons (Fsp3) is 0.348. The van der Waals surface area contributed by atoms with E-state index in [2.05, 4.69) is 478 Å². The van der Waals surface area contributed by atoms with Gasteiger partial charge in [0.25, 0.3) is 13.4 Å². The molecular weight excluding hydrogens is 1600 g/mol. The van der Waals surface area contributed by atoms with Gasteiger partial charge in [0.1, 0.15) is 8.07 Å². The van der Waals surface area contributed by atoms with Crippen LogP contribution in [0.25, 0.3) is 0 Å². The van der Waals surface area contributed by atoms with Gasteiger partial charge in [-0.05, 0) is 238 Å². The number of anilines is 12. The molecule has 632 valence electrons. The molecule has 0 saturated heterocycles. The summed E-state index contributed by atoms with van der Waals surface area (Å²) in [5.74, 6) is 0. The van der Waals surface area contributed by atoms with Crippen LogP contribution in [-0.4, -0.2) is 28.9 Å². The largest absolute Gasteiger partial charge is 1.00 e.